The molecule has 88 valence electrons. The summed E-state index contributed by atoms with van der Waals surface area (Å²) in [5.74, 6) is -7.13. The second-order valence-electron chi connectivity index (χ2n) is 2.83. The maximum absolute atomic E-state index is 13.0. The Balaban J connectivity index is 3.23. The summed E-state index contributed by atoms with van der Waals surface area (Å²) in [4.78, 5) is 10.3. The first-order valence-corrected chi connectivity index (χ1v) is 3.97. The van der Waals surface area contributed by atoms with Gasteiger partial charge in [0.15, 0.2) is 17.5 Å². The van der Waals surface area contributed by atoms with E-state index < -0.39 is 35.1 Å². The predicted octanol–water partition coefficient (Wildman–Crippen LogP) is 2.72. The topological polar surface area (TPSA) is 26.3 Å². The fourth-order valence-corrected chi connectivity index (χ4v) is 0.986. The highest BCUT2D eigenvalue weighted by Gasteiger charge is 2.40. The molecule has 7 heteroatoms. The summed E-state index contributed by atoms with van der Waals surface area (Å²) in [7, 11) is 0. The number of benzene rings is 1. The van der Waals surface area contributed by atoms with Crippen molar-refractivity contribution in [2.45, 2.75) is 13.0 Å². The third-order valence-electron chi connectivity index (χ3n) is 1.62. The van der Waals surface area contributed by atoms with Gasteiger partial charge < -0.3 is 4.74 Å². The van der Waals surface area contributed by atoms with Crippen LogP contribution in [-0.4, -0.2) is 5.97 Å². The molecule has 0 saturated heterocycles. The van der Waals surface area contributed by atoms with Gasteiger partial charge in [0.2, 0.25) is 0 Å². The third-order valence-corrected chi connectivity index (χ3v) is 1.62. The lowest BCUT2D eigenvalue weighted by molar-refractivity contribution is -0.239. The summed E-state index contributed by atoms with van der Waals surface area (Å²) >= 11 is 0. The number of esters is 1. The van der Waals surface area contributed by atoms with Crippen LogP contribution in [0.15, 0.2) is 12.1 Å². The molecule has 2 nitrogen and oxygen atoms in total. The zero-order chi connectivity index (χ0) is 12.5. The standard InChI is InChI=1S/C9H5F5O2/c1-4(15)16-9(13,14)5-2-3-6(10)8(12)7(5)11/h2-3H,1H3. The van der Waals surface area contributed by atoms with E-state index in [1.165, 1.54) is 0 Å². The molecular formula is C9H5F5O2. The van der Waals surface area contributed by atoms with Crippen molar-refractivity contribution < 1.29 is 31.5 Å². The smallest absolute Gasteiger partial charge is 0.397 e. The Kier molecular flexibility index (Phi) is 3.16. The minimum atomic E-state index is -4.34. The third kappa shape index (κ3) is 2.29. The van der Waals surface area contributed by atoms with Crippen LogP contribution in [0, 0.1) is 17.5 Å². The van der Waals surface area contributed by atoms with Crippen molar-refractivity contribution >= 4 is 5.97 Å². The Morgan fingerprint density at radius 3 is 2.25 bits per heavy atom. The van der Waals surface area contributed by atoms with Crippen LogP contribution in [-0.2, 0) is 15.6 Å². The highest BCUT2D eigenvalue weighted by atomic mass is 19.3. The molecule has 16 heavy (non-hydrogen) atoms. The van der Waals surface area contributed by atoms with Gasteiger partial charge in [0.05, 0.1) is 0 Å². The van der Waals surface area contributed by atoms with Gasteiger partial charge in [-0.2, -0.15) is 8.78 Å². The van der Waals surface area contributed by atoms with Gasteiger partial charge in [-0.3, -0.25) is 4.79 Å². The van der Waals surface area contributed by atoms with Gasteiger partial charge in [-0.15, -0.1) is 0 Å². The SMILES string of the molecule is CC(=O)OC(F)(F)c1ccc(F)c(F)c1F. The number of ether oxygens (including phenoxy) is 1. The van der Waals surface area contributed by atoms with Gasteiger partial charge in [-0.1, -0.05) is 0 Å². The Labute approximate surface area is 86.6 Å². The van der Waals surface area contributed by atoms with E-state index in [4.69, 9.17) is 0 Å². The van der Waals surface area contributed by atoms with Crippen LogP contribution in [0.1, 0.15) is 12.5 Å². The molecule has 0 N–H and O–H groups in total. The number of carbonyl (C=O) groups excluding carboxylic acids is 1. The van der Waals surface area contributed by atoms with Gasteiger partial charge in [0.1, 0.15) is 5.56 Å². The molecule has 0 unspecified atom stereocenters. The van der Waals surface area contributed by atoms with Crippen molar-refractivity contribution in [2.24, 2.45) is 0 Å². The molecule has 0 amide bonds. The molecule has 0 aliphatic rings. The molecule has 0 spiro atoms. The molecule has 1 aromatic rings. The number of hydrogen-bond donors (Lipinski definition) is 0. The molecule has 0 fully saturated rings. The van der Waals surface area contributed by atoms with Crippen LogP contribution in [0.2, 0.25) is 0 Å². The minimum absolute atomic E-state index is 0.302. The zero-order valence-electron chi connectivity index (χ0n) is 7.86. The Hall–Kier alpha value is -1.66. The number of halogens is 5. The van der Waals surface area contributed by atoms with E-state index in [1.54, 1.807) is 0 Å². The van der Waals surface area contributed by atoms with Crippen molar-refractivity contribution in [3.8, 4) is 0 Å². The van der Waals surface area contributed by atoms with Gasteiger partial charge >= 0.3 is 12.1 Å². The largest absolute Gasteiger partial charge is 0.431 e. The molecule has 0 aliphatic heterocycles. The second kappa shape index (κ2) is 4.07. The summed E-state index contributed by atoms with van der Waals surface area (Å²) in [6.07, 6.45) is -4.34. The lowest BCUT2D eigenvalue weighted by Crippen LogP contribution is -2.23. The summed E-state index contributed by atoms with van der Waals surface area (Å²) in [6.45, 7) is 0.672. The van der Waals surface area contributed by atoms with Crippen LogP contribution in [0.3, 0.4) is 0 Å². The van der Waals surface area contributed by atoms with Crippen LogP contribution in [0.5, 0.6) is 0 Å². The highest BCUT2D eigenvalue weighted by Crippen LogP contribution is 2.32. The highest BCUT2D eigenvalue weighted by molar-refractivity contribution is 5.66. The van der Waals surface area contributed by atoms with E-state index in [9.17, 15) is 26.7 Å². The van der Waals surface area contributed by atoms with Crippen LogP contribution in [0.25, 0.3) is 0 Å². The molecule has 0 heterocycles. The first-order chi connectivity index (χ1) is 7.25. The number of carbonyl (C=O) groups is 1. The van der Waals surface area contributed by atoms with Gasteiger partial charge in [0, 0.05) is 6.92 Å². The average molecular weight is 240 g/mol. The summed E-state index contributed by atoms with van der Waals surface area (Å²) in [5.41, 5.74) is -1.54. The Morgan fingerprint density at radius 1 is 1.19 bits per heavy atom. The fraction of sp³-hybridized carbons (Fsp3) is 0.222. The van der Waals surface area contributed by atoms with Crippen LogP contribution in [0.4, 0.5) is 22.0 Å². The van der Waals surface area contributed by atoms with Gasteiger partial charge in [-0.25, -0.2) is 13.2 Å². The van der Waals surface area contributed by atoms with Crippen LogP contribution >= 0.6 is 0 Å². The molecule has 0 radical (unpaired) electrons. The predicted molar refractivity (Wildman–Crippen MR) is 42.0 cm³/mol. The van der Waals surface area contributed by atoms with Crippen molar-refractivity contribution in [1.29, 1.82) is 0 Å². The quantitative estimate of drug-likeness (QED) is 0.451. The number of hydrogen-bond acceptors (Lipinski definition) is 2. The molecular weight excluding hydrogens is 235 g/mol. The van der Waals surface area contributed by atoms with Crippen molar-refractivity contribution in [3.63, 3.8) is 0 Å². The Morgan fingerprint density at radius 2 is 1.75 bits per heavy atom. The van der Waals surface area contributed by atoms with Crippen molar-refractivity contribution in [3.05, 3.63) is 35.1 Å². The fourth-order valence-electron chi connectivity index (χ4n) is 0.986. The maximum atomic E-state index is 13.0. The minimum Gasteiger partial charge on any atom is -0.397 e. The van der Waals surface area contributed by atoms with Gasteiger partial charge in [-0.05, 0) is 12.1 Å². The molecule has 1 aromatic carbocycles. The van der Waals surface area contributed by atoms with E-state index in [-0.39, 0.29) is 0 Å². The molecule has 0 atom stereocenters. The summed E-state index contributed by atoms with van der Waals surface area (Å²) < 4.78 is 67.5. The number of alkyl halides is 2. The van der Waals surface area contributed by atoms with E-state index >= 15 is 0 Å². The summed E-state index contributed by atoms with van der Waals surface area (Å²) in [5, 5.41) is 0. The van der Waals surface area contributed by atoms with Crippen LogP contribution < -0.4 is 0 Å². The van der Waals surface area contributed by atoms with E-state index in [1.807, 2.05) is 0 Å². The lowest BCUT2D eigenvalue weighted by Gasteiger charge is -2.16. The molecule has 0 aliphatic carbocycles. The summed E-state index contributed by atoms with van der Waals surface area (Å²) in [6, 6.07) is 0.613. The maximum Gasteiger partial charge on any atom is 0.431 e. The van der Waals surface area contributed by atoms with E-state index in [2.05, 4.69) is 4.74 Å². The van der Waals surface area contributed by atoms with Crippen molar-refractivity contribution in [1.82, 2.24) is 0 Å². The van der Waals surface area contributed by atoms with E-state index in [0.29, 0.717) is 19.1 Å². The second-order valence-corrected chi connectivity index (χ2v) is 2.83. The first-order valence-electron chi connectivity index (χ1n) is 3.97. The first kappa shape index (κ1) is 12.4. The van der Waals surface area contributed by atoms with Crippen molar-refractivity contribution in [2.75, 3.05) is 0 Å². The molecule has 0 bridgehead atoms. The molecule has 0 saturated carbocycles. The van der Waals surface area contributed by atoms with E-state index in [0.717, 1.165) is 0 Å². The number of rotatable bonds is 2. The molecule has 0 aromatic heterocycles. The normalized spacial score (nSPS) is 11.4. The lowest BCUT2D eigenvalue weighted by atomic mass is 10.2. The van der Waals surface area contributed by atoms with Gasteiger partial charge in [0.25, 0.3) is 0 Å². The Bertz CT molecular complexity index is 430. The monoisotopic (exact) mass is 240 g/mol. The zero-order valence-corrected chi connectivity index (χ0v) is 7.86. The molecule has 1 rings (SSSR count). The average Bonchev–Trinajstić information content (AvgIpc) is 2.11.